The van der Waals surface area contributed by atoms with Crippen LogP contribution in [0.3, 0.4) is 0 Å². The molecule has 1 aromatic carbocycles. The van der Waals surface area contributed by atoms with Crippen molar-refractivity contribution in [2.75, 3.05) is 33.4 Å². The van der Waals surface area contributed by atoms with E-state index in [1.165, 1.54) is 0 Å². The molecule has 6 nitrogen and oxygen atoms in total. The van der Waals surface area contributed by atoms with Gasteiger partial charge in [-0.05, 0) is 24.5 Å². The fraction of sp³-hybridized carbons (Fsp3) is 0.650. The first-order valence-corrected chi connectivity index (χ1v) is 10.1. The molecular weight excluding hydrogens is 368 g/mol. The van der Waals surface area contributed by atoms with E-state index in [1.807, 2.05) is 17.0 Å². The highest BCUT2D eigenvalue weighted by molar-refractivity contribution is 6.31. The second-order valence-electron chi connectivity index (χ2n) is 7.48. The summed E-state index contributed by atoms with van der Waals surface area (Å²) in [5.41, 5.74) is 0.548. The van der Waals surface area contributed by atoms with Gasteiger partial charge in [-0.25, -0.2) is 0 Å². The zero-order chi connectivity index (χ0) is 19.0. The number of nitrogens with zero attached hydrogens (tertiary/aromatic N) is 2. The molecule has 3 aliphatic heterocycles. The van der Waals surface area contributed by atoms with Crippen molar-refractivity contribution in [2.45, 2.75) is 50.9 Å². The third kappa shape index (κ3) is 3.18. The van der Waals surface area contributed by atoms with Crippen LogP contribution in [0.1, 0.15) is 38.2 Å². The van der Waals surface area contributed by atoms with Gasteiger partial charge in [0, 0.05) is 43.6 Å². The van der Waals surface area contributed by atoms with E-state index in [-0.39, 0.29) is 11.9 Å². The Hall–Kier alpha value is -1.50. The van der Waals surface area contributed by atoms with Crippen molar-refractivity contribution in [3.8, 4) is 11.5 Å². The lowest BCUT2D eigenvalue weighted by molar-refractivity contribution is -0.180. The molecule has 0 unspecified atom stereocenters. The molecule has 0 saturated carbocycles. The molecule has 3 aliphatic rings. The third-order valence-electron chi connectivity index (χ3n) is 5.89. The second-order valence-corrected chi connectivity index (χ2v) is 7.88. The molecule has 3 heterocycles. The molecule has 1 spiro atoms. The molecule has 148 valence electrons. The lowest BCUT2D eigenvalue weighted by Gasteiger charge is -2.42. The Labute approximate surface area is 165 Å². The van der Waals surface area contributed by atoms with Gasteiger partial charge in [-0.2, -0.15) is 0 Å². The fourth-order valence-electron chi connectivity index (χ4n) is 4.62. The number of carbonyl (C=O) groups is 1. The van der Waals surface area contributed by atoms with Gasteiger partial charge < -0.3 is 19.1 Å². The zero-order valence-corrected chi connectivity index (χ0v) is 16.8. The van der Waals surface area contributed by atoms with Crippen molar-refractivity contribution in [3.63, 3.8) is 0 Å². The van der Waals surface area contributed by atoms with E-state index in [1.54, 1.807) is 7.11 Å². The van der Waals surface area contributed by atoms with E-state index >= 15 is 0 Å². The van der Waals surface area contributed by atoms with Gasteiger partial charge in [0.2, 0.25) is 5.91 Å². The average Bonchev–Trinajstić information content (AvgIpc) is 3.14. The third-order valence-corrected chi connectivity index (χ3v) is 6.24. The minimum absolute atomic E-state index is 0.0865. The van der Waals surface area contributed by atoms with Crippen LogP contribution >= 0.6 is 11.6 Å². The van der Waals surface area contributed by atoms with Gasteiger partial charge in [-0.3, -0.25) is 9.69 Å². The minimum Gasteiger partial charge on any atom is -0.493 e. The second kappa shape index (κ2) is 7.49. The van der Waals surface area contributed by atoms with Crippen LogP contribution < -0.4 is 9.47 Å². The normalized spacial score (nSPS) is 27.6. The summed E-state index contributed by atoms with van der Waals surface area (Å²) < 4.78 is 17.4. The van der Waals surface area contributed by atoms with E-state index in [4.69, 9.17) is 25.8 Å². The highest BCUT2D eigenvalue weighted by atomic mass is 35.5. The standard InChI is InChI=1S/C20H27ClN2O4/c1-3-8-26-17-11-15(21)14(10-16(17)25-2)13-22-7-5-20-18(22)12-19(24)23(20)6-4-9-27-20/h10-11,18H,3-9,12-13H2,1-2H3/t18-,20+/m1/s1. The summed E-state index contributed by atoms with van der Waals surface area (Å²) in [6.07, 6.45) is 3.22. The average molecular weight is 395 g/mol. The molecule has 1 aromatic rings. The molecule has 0 radical (unpaired) electrons. The highest BCUT2D eigenvalue weighted by Crippen LogP contribution is 2.46. The summed E-state index contributed by atoms with van der Waals surface area (Å²) in [5.74, 6) is 1.56. The maximum absolute atomic E-state index is 12.5. The molecule has 0 N–H and O–H groups in total. The number of likely N-dealkylation sites (tertiary alicyclic amines) is 1. The number of hydrogen-bond acceptors (Lipinski definition) is 5. The van der Waals surface area contributed by atoms with Gasteiger partial charge in [-0.1, -0.05) is 18.5 Å². The predicted molar refractivity (Wildman–Crippen MR) is 102 cm³/mol. The topological polar surface area (TPSA) is 51.2 Å². The summed E-state index contributed by atoms with van der Waals surface area (Å²) in [6.45, 7) is 5.78. The van der Waals surface area contributed by atoms with Gasteiger partial charge in [0.05, 0.1) is 26.4 Å². The molecule has 0 aromatic heterocycles. The lowest BCUT2D eigenvalue weighted by atomic mass is 10.0. The number of halogens is 1. The van der Waals surface area contributed by atoms with Crippen molar-refractivity contribution in [1.29, 1.82) is 0 Å². The van der Waals surface area contributed by atoms with Gasteiger partial charge in [0.25, 0.3) is 0 Å². The Morgan fingerprint density at radius 3 is 2.96 bits per heavy atom. The molecule has 3 saturated heterocycles. The quantitative estimate of drug-likeness (QED) is 0.742. The van der Waals surface area contributed by atoms with Crippen molar-refractivity contribution in [2.24, 2.45) is 0 Å². The van der Waals surface area contributed by atoms with Crippen LogP contribution in [0.2, 0.25) is 5.02 Å². The summed E-state index contributed by atoms with van der Waals surface area (Å²) >= 11 is 6.55. The maximum atomic E-state index is 12.5. The Morgan fingerprint density at radius 1 is 1.33 bits per heavy atom. The van der Waals surface area contributed by atoms with E-state index in [2.05, 4.69) is 11.8 Å². The molecule has 27 heavy (non-hydrogen) atoms. The zero-order valence-electron chi connectivity index (χ0n) is 16.0. The number of amides is 1. The van der Waals surface area contributed by atoms with E-state index in [0.29, 0.717) is 36.1 Å². The Balaban J connectivity index is 1.55. The molecule has 2 atom stereocenters. The first kappa shape index (κ1) is 18.8. The minimum atomic E-state index is -0.434. The Kier molecular flexibility index (Phi) is 5.23. The Bertz CT molecular complexity index is 728. The van der Waals surface area contributed by atoms with Gasteiger partial charge in [0.15, 0.2) is 17.2 Å². The van der Waals surface area contributed by atoms with E-state index in [9.17, 15) is 4.79 Å². The van der Waals surface area contributed by atoms with Crippen LogP contribution in [0, 0.1) is 0 Å². The maximum Gasteiger partial charge on any atom is 0.226 e. The monoisotopic (exact) mass is 394 g/mol. The van der Waals surface area contributed by atoms with Gasteiger partial charge in [0.1, 0.15) is 0 Å². The molecule has 4 rings (SSSR count). The molecule has 0 aliphatic carbocycles. The summed E-state index contributed by atoms with van der Waals surface area (Å²) in [4.78, 5) is 16.8. The highest BCUT2D eigenvalue weighted by Gasteiger charge is 2.60. The number of carbonyl (C=O) groups excluding carboxylic acids is 1. The van der Waals surface area contributed by atoms with Gasteiger partial charge in [-0.15, -0.1) is 0 Å². The number of hydrogen-bond donors (Lipinski definition) is 0. The summed E-state index contributed by atoms with van der Waals surface area (Å²) in [7, 11) is 1.64. The van der Waals surface area contributed by atoms with Crippen LogP contribution in [0.15, 0.2) is 12.1 Å². The van der Waals surface area contributed by atoms with Gasteiger partial charge >= 0.3 is 0 Å². The van der Waals surface area contributed by atoms with Crippen LogP contribution in [-0.4, -0.2) is 60.9 Å². The van der Waals surface area contributed by atoms with Crippen molar-refractivity contribution >= 4 is 17.5 Å². The summed E-state index contributed by atoms with van der Waals surface area (Å²) in [6, 6.07) is 3.87. The predicted octanol–water partition coefficient (Wildman–Crippen LogP) is 3.06. The lowest BCUT2D eigenvalue weighted by Crippen LogP contribution is -2.56. The summed E-state index contributed by atoms with van der Waals surface area (Å²) in [5, 5.41) is 0.661. The first-order chi connectivity index (χ1) is 13.1. The number of benzene rings is 1. The smallest absolute Gasteiger partial charge is 0.226 e. The van der Waals surface area contributed by atoms with Crippen LogP contribution in [-0.2, 0) is 16.1 Å². The molecule has 7 heteroatoms. The van der Waals surface area contributed by atoms with Crippen molar-refractivity contribution in [3.05, 3.63) is 22.7 Å². The van der Waals surface area contributed by atoms with Crippen molar-refractivity contribution < 1.29 is 19.0 Å². The molecule has 0 bridgehead atoms. The van der Waals surface area contributed by atoms with Crippen LogP contribution in [0.25, 0.3) is 0 Å². The van der Waals surface area contributed by atoms with Crippen LogP contribution in [0.5, 0.6) is 11.5 Å². The van der Waals surface area contributed by atoms with E-state index < -0.39 is 5.72 Å². The number of rotatable bonds is 6. The molecular formula is C20H27ClN2O4. The van der Waals surface area contributed by atoms with E-state index in [0.717, 1.165) is 44.5 Å². The molecule has 3 fully saturated rings. The number of methoxy groups -OCH3 is 1. The largest absolute Gasteiger partial charge is 0.493 e. The van der Waals surface area contributed by atoms with Crippen molar-refractivity contribution in [1.82, 2.24) is 9.80 Å². The van der Waals surface area contributed by atoms with Crippen LogP contribution in [0.4, 0.5) is 0 Å². The molecule has 1 amide bonds. The number of ether oxygens (including phenoxy) is 3. The SMILES string of the molecule is CCCOc1cc(Cl)c(CN2CC[C@@]34OCCCN3C(=O)C[C@@H]24)cc1OC. The Morgan fingerprint density at radius 2 is 2.19 bits per heavy atom. The fourth-order valence-corrected chi connectivity index (χ4v) is 4.84. The first-order valence-electron chi connectivity index (χ1n) is 9.76.